The van der Waals surface area contributed by atoms with Crippen LogP contribution in [-0.4, -0.2) is 41.6 Å². The van der Waals surface area contributed by atoms with Gasteiger partial charge in [-0.3, -0.25) is 9.36 Å². The molecule has 0 fully saturated rings. The van der Waals surface area contributed by atoms with Crippen molar-refractivity contribution in [3.8, 4) is 0 Å². The van der Waals surface area contributed by atoms with Crippen molar-refractivity contribution in [2.75, 3.05) is 0 Å². The van der Waals surface area contributed by atoms with Crippen LogP contribution < -0.4 is 0 Å². The van der Waals surface area contributed by atoms with Crippen molar-refractivity contribution in [1.29, 1.82) is 0 Å². The van der Waals surface area contributed by atoms with Crippen LogP contribution in [0.1, 0.15) is 23.5 Å². The molecule has 0 aliphatic carbocycles. The fourth-order valence-electron chi connectivity index (χ4n) is 2.16. The van der Waals surface area contributed by atoms with Crippen molar-refractivity contribution < 1.29 is 24.9 Å². The monoisotopic (exact) mass is 294 g/mol. The van der Waals surface area contributed by atoms with E-state index in [2.05, 4.69) is 4.98 Å². The second kappa shape index (κ2) is 3.97. The van der Waals surface area contributed by atoms with Gasteiger partial charge in [0.15, 0.2) is 16.1 Å². The van der Waals surface area contributed by atoms with Gasteiger partial charge in [-0.15, -0.1) is 0 Å². The van der Waals surface area contributed by atoms with Crippen LogP contribution in [0.4, 0.5) is 0 Å². The van der Waals surface area contributed by atoms with Crippen molar-refractivity contribution in [3.05, 3.63) is 23.8 Å². The SMILES string of the molecule is CC1(C(=O)O)Sc2nc3cc(C(=O)O)ccc3n2C1O. The second-order valence-corrected chi connectivity index (χ2v) is 6.08. The average Bonchev–Trinajstić information content (AvgIpc) is 2.84. The summed E-state index contributed by atoms with van der Waals surface area (Å²) in [5.41, 5.74) is 1.02. The summed E-state index contributed by atoms with van der Waals surface area (Å²) in [6.45, 7) is 1.43. The molecule has 0 bridgehead atoms. The van der Waals surface area contributed by atoms with Crippen LogP contribution in [0.15, 0.2) is 23.4 Å². The first-order chi connectivity index (χ1) is 9.34. The lowest BCUT2D eigenvalue weighted by molar-refractivity contribution is -0.143. The highest BCUT2D eigenvalue weighted by Gasteiger charge is 2.50. The quantitative estimate of drug-likeness (QED) is 0.762. The molecule has 3 N–H and O–H groups in total. The summed E-state index contributed by atoms with van der Waals surface area (Å²) in [6, 6.07) is 4.31. The van der Waals surface area contributed by atoms with Crippen molar-refractivity contribution in [2.45, 2.75) is 23.1 Å². The number of imidazole rings is 1. The van der Waals surface area contributed by atoms with Gasteiger partial charge in [-0.2, -0.15) is 0 Å². The van der Waals surface area contributed by atoms with E-state index in [0.717, 1.165) is 11.8 Å². The lowest BCUT2D eigenvalue weighted by Crippen LogP contribution is -2.36. The van der Waals surface area contributed by atoms with E-state index in [9.17, 15) is 19.8 Å². The molecule has 7 nitrogen and oxygen atoms in total. The third kappa shape index (κ3) is 1.55. The number of carboxylic acids is 2. The summed E-state index contributed by atoms with van der Waals surface area (Å²) in [5.74, 6) is -2.19. The summed E-state index contributed by atoms with van der Waals surface area (Å²) >= 11 is 0.950. The molecule has 104 valence electrons. The highest BCUT2D eigenvalue weighted by molar-refractivity contribution is 8.01. The molecule has 1 aliphatic rings. The Bertz CT molecular complexity index is 756. The van der Waals surface area contributed by atoms with Gasteiger partial charge in [0.05, 0.1) is 16.6 Å². The predicted octanol–water partition coefficient (Wildman–Crippen LogP) is 1.17. The number of aliphatic hydroxyl groups excluding tert-OH is 1. The number of aromatic carboxylic acids is 1. The highest BCUT2D eigenvalue weighted by Crippen LogP contribution is 2.49. The number of hydrogen-bond donors (Lipinski definition) is 3. The van der Waals surface area contributed by atoms with Crippen molar-refractivity contribution in [3.63, 3.8) is 0 Å². The van der Waals surface area contributed by atoms with Crippen LogP contribution in [0.2, 0.25) is 0 Å². The molecule has 2 unspecified atom stereocenters. The number of carbonyl (C=O) groups is 2. The van der Waals surface area contributed by atoms with E-state index < -0.39 is 22.9 Å². The van der Waals surface area contributed by atoms with E-state index in [4.69, 9.17) is 5.11 Å². The van der Waals surface area contributed by atoms with E-state index in [0.29, 0.717) is 16.2 Å². The normalized spacial score (nSPS) is 24.8. The molecule has 20 heavy (non-hydrogen) atoms. The number of thioether (sulfide) groups is 1. The summed E-state index contributed by atoms with van der Waals surface area (Å²) in [6.07, 6.45) is -1.26. The van der Waals surface area contributed by atoms with E-state index in [1.807, 2.05) is 0 Å². The number of fused-ring (bicyclic) bond motifs is 3. The maximum Gasteiger partial charge on any atom is 0.335 e. The molecule has 1 aromatic carbocycles. The molecule has 2 atom stereocenters. The molecule has 2 heterocycles. The summed E-state index contributed by atoms with van der Waals surface area (Å²) < 4.78 is 0.0156. The number of carboxylic acid groups (broad SMARTS) is 2. The molecule has 8 heteroatoms. The fourth-order valence-corrected chi connectivity index (χ4v) is 3.28. The van der Waals surface area contributed by atoms with Gasteiger partial charge in [-0.1, -0.05) is 11.8 Å². The van der Waals surface area contributed by atoms with E-state index in [1.165, 1.54) is 29.7 Å². The maximum absolute atomic E-state index is 11.3. The van der Waals surface area contributed by atoms with Gasteiger partial charge in [0.25, 0.3) is 0 Å². The Hall–Kier alpha value is -2.06. The van der Waals surface area contributed by atoms with Crippen molar-refractivity contribution in [1.82, 2.24) is 9.55 Å². The van der Waals surface area contributed by atoms with Crippen LogP contribution in [0.25, 0.3) is 11.0 Å². The summed E-state index contributed by atoms with van der Waals surface area (Å²) in [7, 11) is 0. The largest absolute Gasteiger partial charge is 0.480 e. The number of benzene rings is 1. The third-order valence-electron chi connectivity index (χ3n) is 3.37. The first kappa shape index (κ1) is 12.9. The van der Waals surface area contributed by atoms with Crippen LogP contribution >= 0.6 is 11.8 Å². The van der Waals surface area contributed by atoms with Gasteiger partial charge in [-0.05, 0) is 25.1 Å². The average molecular weight is 294 g/mol. The first-order valence-corrected chi connectivity index (χ1v) is 6.52. The Morgan fingerprint density at radius 1 is 1.40 bits per heavy atom. The minimum absolute atomic E-state index is 0.0924. The molecule has 0 saturated carbocycles. The van der Waals surface area contributed by atoms with Crippen molar-refractivity contribution in [2.24, 2.45) is 0 Å². The molecular weight excluding hydrogens is 284 g/mol. The van der Waals surface area contributed by atoms with Gasteiger partial charge in [0, 0.05) is 0 Å². The molecule has 0 spiro atoms. The molecule has 2 aromatic rings. The number of aromatic nitrogens is 2. The lowest BCUT2D eigenvalue weighted by Gasteiger charge is -2.21. The van der Waals surface area contributed by atoms with Gasteiger partial charge in [0.2, 0.25) is 0 Å². The van der Waals surface area contributed by atoms with E-state index in [-0.39, 0.29) is 5.56 Å². The Labute approximate surface area is 116 Å². The molecule has 1 aliphatic heterocycles. The first-order valence-electron chi connectivity index (χ1n) is 5.70. The van der Waals surface area contributed by atoms with Crippen LogP contribution in [0.5, 0.6) is 0 Å². The number of aliphatic hydroxyl groups is 1. The Morgan fingerprint density at radius 2 is 2.10 bits per heavy atom. The third-order valence-corrected chi connectivity index (χ3v) is 4.65. The van der Waals surface area contributed by atoms with Gasteiger partial charge < -0.3 is 15.3 Å². The van der Waals surface area contributed by atoms with Gasteiger partial charge in [0.1, 0.15) is 0 Å². The zero-order chi connectivity index (χ0) is 14.7. The Kier molecular flexibility index (Phi) is 2.57. The lowest BCUT2D eigenvalue weighted by atomic mass is 10.1. The molecule has 0 saturated heterocycles. The smallest absolute Gasteiger partial charge is 0.335 e. The minimum atomic E-state index is -1.40. The van der Waals surface area contributed by atoms with Crippen LogP contribution in [0, 0.1) is 0 Å². The molecular formula is C12H10N2O5S. The standard InChI is InChI=1S/C12H10N2O5S/c1-12(10(18)19)9(17)14-7-3-2-5(8(15)16)4-6(7)13-11(14)20-12/h2-4,9,17H,1H3,(H,15,16)(H,18,19). The molecule has 3 rings (SSSR count). The zero-order valence-corrected chi connectivity index (χ0v) is 11.1. The number of nitrogens with zero attached hydrogens (tertiary/aromatic N) is 2. The number of hydrogen-bond acceptors (Lipinski definition) is 5. The minimum Gasteiger partial charge on any atom is -0.480 e. The van der Waals surface area contributed by atoms with Crippen molar-refractivity contribution >= 4 is 34.7 Å². The van der Waals surface area contributed by atoms with Gasteiger partial charge in [-0.25, -0.2) is 9.78 Å². The van der Waals surface area contributed by atoms with Crippen LogP contribution in [-0.2, 0) is 4.79 Å². The van der Waals surface area contributed by atoms with E-state index >= 15 is 0 Å². The summed E-state index contributed by atoms with van der Waals surface area (Å²) in [5, 5.41) is 28.8. The highest BCUT2D eigenvalue weighted by atomic mass is 32.2. The summed E-state index contributed by atoms with van der Waals surface area (Å²) in [4.78, 5) is 26.4. The Balaban J connectivity index is 2.17. The molecule has 1 aromatic heterocycles. The maximum atomic E-state index is 11.3. The van der Waals surface area contributed by atoms with Crippen LogP contribution in [0.3, 0.4) is 0 Å². The van der Waals surface area contributed by atoms with Gasteiger partial charge >= 0.3 is 11.9 Å². The molecule has 0 radical (unpaired) electrons. The topological polar surface area (TPSA) is 113 Å². The second-order valence-electron chi connectivity index (χ2n) is 4.66. The molecule has 0 amide bonds. The number of aliphatic carboxylic acids is 1. The zero-order valence-electron chi connectivity index (χ0n) is 10.3. The number of rotatable bonds is 2. The fraction of sp³-hybridized carbons (Fsp3) is 0.250. The van der Waals surface area contributed by atoms with E-state index in [1.54, 1.807) is 0 Å². The predicted molar refractivity (Wildman–Crippen MR) is 69.8 cm³/mol. The Morgan fingerprint density at radius 3 is 2.70 bits per heavy atom.